The molecule has 2 aromatic rings. The molecule has 0 fully saturated rings. The molecule has 0 saturated carbocycles. The summed E-state index contributed by atoms with van der Waals surface area (Å²) < 4.78 is 2.00. The maximum atomic E-state index is 12.4. The fourth-order valence-electron chi connectivity index (χ4n) is 3.77. The van der Waals surface area contributed by atoms with Gasteiger partial charge in [-0.1, -0.05) is 6.07 Å². The number of urea groups is 1. The van der Waals surface area contributed by atoms with E-state index in [1.54, 1.807) is 0 Å². The van der Waals surface area contributed by atoms with Gasteiger partial charge in [0.25, 0.3) is 0 Å². The van der Waals surface area contributed by atoms with E-state index in [0.29, 0.717) is 5.82 Å². The third kappa shape index (κ3) is 2.96. The van der Waals surface area contributed by atoms with Crippen LogP contribution >= 0.6 is 0 Å². The molecule has 0 radical (unpaired) electrons. The van der Waals surface area contributed by atoms with Gasteiger partial charge in [-0.05, 0) is 61.8 Å². The van der Waals surface area contributed by atoms with Gasteiger partial charge in [0.05, 0.1) is 6.04 Å². The molecule has 2 heterocycles. The molecule has 1 aliphatic heterocycles. The highest BCUT2D eigenvalue weighted by molar-refractivity contribution is 5.88. The van der Waals surface area contributed by atoms with Gasteiger partial charge in [0, 0.05) is 24.0 Å². The van der Waals surface area contributed by atoms with Gasteiger partial charge in [-0.3, -0.25) is 10.00 Å². The molecular formula is C18H23N5O. The number of aromatic nitrogens is 2. The van der Waals surface area contributed by atoms with Gasteiger partial charge in [-0.25, -0.2) is 4.79 Å². The number of nitrogens with zero attached hydrogens (tertiary/aromatic N) is 2. The van der Waals surface area contributed by atoms with Crippen LogP contribution in [0.1, 0.15) is 48.5 Å². The zero-order valence-corrected chi connectivity index (χ0v) is 13.7. The van der Waals surface area contributed by atoms with Crippen LogP contribution in [0.25, 0.3) is 0 Å². The minimum absolute atomic E-state index is 0.0339. The number of hydrogen-bond donors (Lipinski definition) is 3. The summed E-state index contributed by atoms with van der Waals surface area (Å²) in [7, 11) is 0. The topological polar surface area (TPSA) is 85.0 Å². The minimum Gasteiger partial charge on any atom is -0.399 e. The molecule has 1 aromatic carbocycles. The Kier molecular flexibility index (Phi) is 3.88. The van der Waals surface area contributed by atoms with Crippen molar-refractivity contribution in [2.75, 3.05) is 11.1 Å². The summed E-state index contributed by atoms with van der Waals surface area (Å²) in [5.74, 6) is 0.637. The number of nitrogens with one attached hydrogen (secondary N) is 2. The summed E-state index contributed by atoms with van der Waals surface area (Å²) in [5, 5.41) is 10.4. The number of carbonyl (C=O) groups is 1. The van der Waals surface area contributed by atoms with Crippen LogP contribution in [0, 0.1) is 0 Å². The molecule has 1 atom stereocenters. The second-order valence-corrected chi connectivity index (χ2v) is 6.70. The summed E-state index contributed by atoms with van der Waals surface area (Å²) in [6, 6.07) is 7.77. The Balaban J connectivity index is 1.44. The normalized spacial score (nSPS) is 19.2. The number of anilines is 2. The van der Waals surface area contributed by atoms with Crippen LogP contribution in [-0.4, -0.2) is 15.8 Å². The summed E-state index contributed by atoms with van der Waals surface area (Å²) in [5.41, 5.74) is 10.3. The van der Waals surface area contributed by atoms with E-state index in [1.807, 2.05) is 28.9 Å². The van der Waals surface area contributed by atoms with Crippen LogP contribution in [0.4, 0.5) is 16.3 Å². The van der Waals surface area contributed by atoms with E-state index in [1.165, 1.54) is 23.2 Å². The van der Waals surface area contributed by atoms with E-state index in [9.17, 15) is 4.79 Å². The highest BCUT2D eigenvalue weighted by atomic mass is 16.2. The molecule has 6 heteroatoms. The molecule has 126 valence electrons. The predicted molar refractivity (Wildman–Crippen MR) is 93.9 cm³/mol. The van der Waals surface area contributed by atoms with Crippen LogP contribution in [0.3, 0.4) is 0 Å². The van der Waals surface area contributed by atoms with Crippen molar-refractivity contribution in [3.05, 3.63) is 41.1 Å². The highest BCUT2D eigenvalue weighted by Crippen LogP contribution is 2.31. The Morgan fingerprint density at radius 3 is 3.00 bits per heavy atom. The second kappa shape index (κ2) is 6.19. The van der Waals surface area contributed by atoms with Crippen molar-refractivity contribution >= 4 is 17.5 Å². The Morgan fingerprint density at radius 1 is 1.21 bits per heavy atom. The Morgan fingerprint density at radius 2 is 2.12 bits per heavy atom. The van der Waals surface area contributed by atoms with E-state index in [0.717, 1.165) is 44.3 Å². The summed E-state index contributed by atoms with van der Waals surface area (Å²) in [6.45, 7) is 0.941. The highest BCUT2D eigenvalue weighted by Gasteiger charge is 2.22. The van der Waals surface area contributed by atoms with Gasteiger partial charge < -0.3 is 11.1 Å². The van der Waals surface area contributed by atoms with Gasteiger partial charge in [0.2, 0.25) is 0 Å². The van der Waals surface area contributed by atoms with Crippen molar-refractivity contribution in [2.45, 2.75) is 51.1 Å². The predicted octanol–water partition coefficient (Wildman–Crippen LogP) is 3.00. The average molecular weight is 325 g/mol. The van der Waals surface area contributed by atoms with Crippen LogP contribution < -0.4 is 16.4 Å². The molecule has 24 heavy (non-hydrogen) atoms. The maximum absolute atomic E-state index is 12.4. The van der Waals surface area contributed by atoms with Crippen LogP contribution in [0.5, 0.6) is 0 Å². The number of carbonyl (C=O) groups excluding carboxylic acids is 1. The fourth-order valence-corrected chi connectivity index (χ4v) is 3.77. The van der Waals surface area contributed by atoms with E-state index in [-0.39, 0.29) is 12.1 Å². The third-order valence-corrected chi connectivity index (χ3v) is 4.94. The second-order valence-electron chi connectivity index (χ2n) is 6.70. The van der Waals surface area contributed by atoms with Crippen LogP contribution in [-0.2, 0) is 19.4 Å². The molecule has 2 aliphatic rings. The van der Waals surface area contributed by atoms with E-state index in [4.69, 9.17) is 5.73 Å². The van der Waals surface area contributed by atoms with Crippen molar-refractivity contribution in [3.8, 4) is 0 Å². The summed E-state index contributed by atoms with van der Waals surface area (Å²) in [6.07, 6.45) is 6.41. The Labute approximate surface area is 141 Å². The number of fused-ring (bicyclic) bond motifs is 2. The first-order valence-corrected chi connectivity index (χ1v) is 8.71. The number of aryl methyl sites for hydroxylation is 3. The zero-order valence-electron chi connectivity index (χ0n) is 13.7. The third-order valence-electron chi connectivity index (χ3n) is 4.94. The van der Waals surface area contributed by atoms with Gasteiger partial charge in [0.15, 0.2) is 5.82 Å². The van der Waals surface area contributed by atoms with E-state index < -0.39 is 0 Å². The summed E-state index contributed by atoms with van der Waals surface area (Å²) in [4.78, 5) is 12.4. The Bertz CT molecular complexity index is 743. The smallest absolute Gasteiger partial charge is 0.320 e. The first kappa shape index (κ1) is 15.1. The number of amides is 2. The van der Waals surface area contributed by atoms with Crippen LogP contribution in [0.2, 0.25) is 0 Å². The number of nitrogens with two attached hydrogens (primary N) is 1. The largest absolute Gasteiger partial charge is 0.399 e. The van der Waals surface area contributed by atoms with Crippen molar-refractivity contribution < 1.29 is 4.79 Å². The molecule has 1 aliphatic carbocycles. The van der Waals surface area contributed by atoms with Crippen LogP contribution in [0.15, 0.2) is 24.3 Å². The molecule has 6 nitrogen and oxygen atoms in total. The first-order valence-electron chi connectivity index (χ1n) is 8.71. The molecule has 0 bridgehead atoms. The number of nitrogen functional groups attached to an aromatic ring is 1. The lowest BCUT2D eigenvalue weighted by atomic mass is 9.87. The van der Waals surface area contributed by atoms with E-state index >= 15 is 0 Å². The number of hydrogen-bond acceptors (Lipinski definition) is 3. The molecule has 1 aromatic heterocycles. The molecular weight excluding hydrogens is 302 g/mol. The molecule has 2 amide bonds. The lowest BCUT2D eigenvalue weighted by Gasteiger charge is -2.26. The SMILES string of the molecule is Nc1ccc2c(c1)CCCC2NC(=O)Nc1cc2n(n1)CCCC2. The number of rotatable bonds is 2. The van der Waals surface area contributed by atoms with Crippen molar-refractivity contribution in [3.63, 3.8) is 0 Å². The molecule has 1 unspecified atom stereocenters. The van der Waals surface area contributed by atoms with Crippen molar-refractivity contribution in [1.82, 2.24) is 15.1 Å². The first-order chi connectivity index (χ1) is 11.7. The Hall–Kier alpha value is -2.50. The zero-order chi connectivity index (χ0) is 16.5. The van der Waals surface area contributed by atoms with Crippen molar-refractivity contribution in [2.24, 2.45) is 0 Å². The molecule has 0 spiro atoms. The van der Waals surface area contributed by atoms with Crippen molar-refractivity contribution in [1.29, 1.82) is 0 Å². The number of benzene rings is 1. The molecule has 0 saturated heterocycles. The van der Waals surface area contributed by atoms with Gasteiger partial charge in [-0.2, -0.15) is 5.10 Å². The summed E-state index contributed by atoms with van der Waals surface area (Å²) >= 11 is 0. The molecule has 4 N–H and O–H groups in total. The van der Waals surface area contributed by atoms with Gasteiger partial charge in [-0.15, -0.1) is 0 Å². The monoisotopic (exact) mass is 325 g/mol. The van der Waals surface area contributed by atoms with E-state index in [2.05, 4.69) is 15.7 Å². The van der Waals surface area contributed by atoms with Gasteiger partial charge >= 0.3 is 6.03 Å². The fraction of sp³-hybridized carbons (Fsp3) is 0.444. The standard InChI is InChI=1S/C18H23N5O/c19-13-7-8-15-12(10-13)4-3-6-16(15)20-18(24)21-17-11-14-5-1-2-9-23(14)22-17/h7-8,10-11,16H,1-6,9,19H2,(H2,20,21,22,24). The average Bonchev–Trinajstić information content (AvgIpc) is 2.96. The molecule has 4 rings (SSSR count). The maximum Gasteiger partial charge on any atom is 0.320 e. The quantitative estimate of drug-likeness (QED) is 0.742. The lowest BCUT2D eigenvalue weighted by Crippen LogP contribution is -2.34. The lowest BCUT2D eigenvalue weighted by molar-refractivity contribution is 0.247. The minimum atomic E-state index is -0.194. The van der Waals surface area contributed by atoms with Gasteiger partial charge in [0.1, 0.15) is 0 Å².